The third kappa shape index (κ3) is 3.72. The lowest BCUT2D eigenvalue weighted by atomic mass is 10.0. The van der Waals surface area contributed by atoms with Gasteiger partial charge in [0.25, 0.3) is 0 Å². The van der Waals surface area contributed by atoms with Crippen molar-refractivity contribution in [2.45, 2.75) is 24.9 Å². The standard InChI is InChI=1S/C16H26N2O2/c1-17-15(14-6-4-5-7-16(14)19-3)12-18(2)13-8-10-20-11-9-13/h4-7,13,15,17H,8-12H2,1-3H3. The maximum atomic E-state index is 5.48. The molecule has 1 atom stereocenters. The molecule has 0 amide bonds. The Labute approximate surface area is 122 Å². The van der Waals surface area contributed by atoms with Crippen LogP contribution < -0.4 is 10.1 Å². The molecule has 20 heavy (non-hydrogen) atoms. The number of benzene rings is 1. The molecule has 1 aliphatic heterocycles. The van der Waals surface area contributed by atoms with E-state index in [4.69, 9.17) is 9.47 Å². The van der Waals surface area contributed by atoms with E-state index >= 15 is 0 Å². The number of methoxy groups -OCH3 is 1. The van der Waals surface area contributed by atoms with Gasteiger partial charge in [-0.15, -0.1) is 0 Å². The smallest absolute Gasteiger partial charge is 0.123 e. The van der Waals surface area contributed by atoms with Crippen LogP contribution in [-0.4, -0.2) is 51.9 Å². The fourth-order valence-electron chi connectivity index (χ4n) is 2.86. The molecule has 1 saturated heterocycles. The van der Waals surface area contributed by atoms with Gasteiger partial charge >= 0.3 is 0 Å². The van der Waals surface area contributed by atoms with Gasteiger partial charge in [-0.25, -0.2) is 0 Å². The number of likely N-dealkylation sites (N-methyl/N-ethyl adjacent to an activating group) is 2. The Balaban J connectivity index is 2.04. The molecule has 1 unspecified atom stereocenters. The first-order valence-electron chi connectivity index (χ1n) is 7.34. The Bertz CT molecular complexity index is 405. The van der Waals surface area contributed by atoms with Crippen LogP contribution in [0.4, 0.5) is 0 Å². The molecule has 0 radical (unpaired) electrons. The van der Waals surface area contributed by atoms with Crippen molar-refractivity contribution in [1.82, 2.24) is 10.2 Å². The zero-order valence-corrected chi connectivity index (χ0v) is 12.8. The van der Waals surface area contributed by atoms with Crippen molar-refractivity contribution >= 4 is 0 Å². The Morgan fingerprint density at radius 3 is 2.70 bits per heavy atom. The first-order chi connectivity index (χ1) is 9.76. The summed E-state index contributed by atoms with van der Waals surface area (Å²) in [6, 6.07) is 9.13. The molecule has 1 aliphatic rings. The quantitative estimate of drug-likeness (QED) is 0.863. The SMILES string of the molecule is CNC(CN(C)C1CCOCC1)c1ccccc1OC. The maximum Gasteiger partial charge on any atom is 0.123 e. The zero-order chi connectivity index (χ0) is 14.4. The predicted octanol–water partition coefficient (Wildman–Crippen LogP) is 2.07. The summed E-state index contributed by atoms with van der Waals surface area (Å²) in [5.74, 6) is 0.951. The third-order valence-electron chi connectivity index (χ3n) is 4.15. The van der Waals surface area contributed by atoms with E-state index in [0.717, 1.165) is 38.3 Å². The van der Waals surface area contributed by atoms with Gasteiger partial charge in [0.2, 0.25) is 0 Å². The summed E-state index contributed by atoms with van der Waals surface area (Å²) in [7, 11) is 5.94. The van der Waals surface area contributed by atoms with Crippen LogP contribution >= 0.6 is 0 Å². The van der Waals surface area contributed by atoms with E-state index in [1.165, 1.54) is 5.56 Å². The lowest BCUT2D eigenvalue weighted by Gasteiger charge is -2.34. The molecular formula is C16H26N2O2. The molecule has 0 aromatic heterocycles. The summed E-state index contributed by atoms with van der Waals surface area (Å²) in [6.45, 7) is 2.74. The van der Waals surface area contributed by atoms with E-state index in [1.807, 2.05) is 19.2 Å². The number of nitrogens with one attached hydrogen (secondary N) is 1. The molecular weight excluding hydrogens is 252 g/mol. The highest BCUT2D eigenvalue weighted by Crippen LogP contribution is 2.26. The van der Waals surface area contributed by atoms with Crippen LogP contribution in [0.25, 0.3) is 0 Å². The van der Waals surface area contributed by atoms with Crippen LogP contribution in [0.15, 0.2) is 24.3 Å². The molecule has 1 N–H and O–H groups in total. The minimum Gasteiger partial charge on any atom is -0.496 e. The van der Waals surface area contributed by atoms with E-state index in [-0.39, 0.29) is 6.04 Å². The summed E-state index contributed by atoms with van der Waals surface area (Å²) in [6.07, 6.45) is 2.25. The van der Waals surface area contributed by atoms with Crippen molar-refractivity contribution in [1.29, 1.82) is 0 Å². The first-order valence-corrected chi connectivity index (χ1v) is 7.34. The Hall–Kier alpha value is -1.10. The number of nitrogens with zero attached hydrogens (tertiary/aromatic N) is 1. The van der Waals surface area contributed by atoms with Crippen molar-refractivity contribution < 1.29 is 9.47 Å². The summed E-state index contributed by atoms with van der Waals surface area (Å²) in [5.41, 5.74) is 1.22. The second-order valence-corrected chi connectivity index (χ2v) is 5.37. The molecule has 0 saturated carbocycles. The summed E-state index contributed by atoms with van der Waals surface area (Å²) >= 11 is 0. The summed E-state index contributed by atoms with van der Waals surface area (Å²) in [4.78, 5) is 2.44. The van der Waals surface area contributed by atoms with Gasteiger partial charge in [0.1, 0.15) is 5.75 Å². The molecule has 1 aromatic rings. The molecule has 112 valence electrons. The predicted molar refractivity (Wildman–Crippen MR) is 81.3 cm³/mol. The van der Waals surface area contributed by atoms with Crippen LogP contribution in [0.2, 0.25) is 0 Å². The molecule has 0 aliphatic carbocycles. The average molecular weight is 278 g/mol. The second-order valence-electron chi connectivity index (χ2n) is 5.37. The van der Waals surface area contributed by atoms with Crippen LogP contribution in [-0.2, 0) is 4.74 Å². The normalized spacial score (nSPS) is 18.2. The second kappa shape index (κ2) is 7.62. The zero-order valence-electron chi connectivity index (χ0n) is 12.8. The van der Waals surface area contributed by atoms with Crippen LogP contribution in [0, 0.1) is 0 Å². The maximum absolute atomic E-state index is 5.48. The van der Waals surface area contributed by atoms with E-state index in [1.54, 1.807) is 7.11 Å². The fourth-order valence-corrected chi connectivity index (χ4v) is 2.86. The topological polar surface area (TPSA) is 33.7 Å². The average Bonchev–Trinajstić information content (AvgIpc) is 2.53. The van der Waals surface area contributed by atoms with Crippen LogP contribution in [0.3, 0.4) is 0 Å². The van der Waals surface area contributed by atoms with E-state index in [9.17, 15) is 0 Å². The van der Waals surface area contributed by atoms with Gasteiger partial charge in [-0.3, -0.25) is 0 Å². The van der Waals surface area contributed by atoms with Crippen molar-refractivity contribution in [3.63, 3.8) is 0 Å². The Morgan fingerprint density at radius 2 is 2.05 bits per heavy atom. The van der Waals surface area contributed by atoms with E-state index < -0.39 is 0 Å². The number of hydrogen-bond acceptors (Lipinski definition) is 4. The van der Waals surface area contributed by atoms with Crippen LogP contribution in [0.5, 0.6) is 5.75 Å². The molecule has 2 rings (SSSR count). The van der Waals surface area contributed by atoms with Gasteiger partial charge in [0, 0.05) is 37.4 Å². The van der Waals surface area contributed by atoms with E-state index in [0.29, 0.717) is 6.04 Å². The lowest BCUT2D eigenvalue weighted by molar-refractivity contribution is 0.0403. The van der Waals surface area contributed by atoms with Crippen molar-refractivity contribution in [3.05, 3.63) is 29.8 Å². The van der Waals surface area contributed by atoms with Gasteiger partial charge in [0.05, 0.1) is 7.11 Å². The molecule has 1 aromatic carbocycles. The Morgan fingerprint density at radius 1 is 1.35 bits per heavy atom. The Kier molecular flexibility index (Phi) is 5.83. The van der Waals surface area contributed by atoms with Crippen molar-refractivity contribution in [2.75, 3.05) is 41.0 Å². The first kappa shape index (κ1) is 15.3. The number of rotatable bonds is 6. The van der Waals surface area contributed by atoms with Gasteiger partial charge in [-0.05, 0) is 33.0 Å². The molecule has 4 nitrogen and oxygen atoms in total. The highest BCUT2D eigenvalue weighted by Gasteiger charge is 2.22. The summed E-state index contributed by atoms with van der Waals surface area (Å²) < 4.78 is 10.9. The largest absolute Gasteiger partial charge is 0.496 e. The minimum atomic E-state index is 0.277. The van der Waals surface area contributed by atoms with Gasteiger partial charge in [0.15, 0.2) is 0 Å². The molecule has 0 bridgehead atoms. The highest BCUT2D eigenvalue weighted by atomic mass is 16.5. The summed E-state index contributed by atoms with van der Waals surface area (Å²) in [5, 5.41) is 3.41. The molecule has 0 spiro atoms. The third-order valence-corrected chi connectivity index (χ3v) is 4.15. The minimum absolute atomic E-state index is 0.277. The molecule has 1 heterocycles. The number of para-hydroxylation sites is 1. The number of hydrogen-bond donors (Lipinski definition) is 1. The molecule has 1 fully saturated rings. The number of ether oxygens (including phenoxy) is 2. The van der Waals surface area contributed by atoms with E-state index in [2.05, 4.69) is 29.4 Å². The van der Waals surface area contributed by atoms with Crippen LogP contribution in [0.1, 0.15) is 24.4 Å². The van der Waals surface area contributed by atoms with Gasteiger partial charge in [-0.1, -0.05) is 18.2 Å². The fraction of sp³-hybridized carbons (Fsp3) is 0.625. The molecule has 4 heteroatoms. The van der Waals surface area contributed by atoms with Gasteiger partial charge < -0.3 is 19.7 Å². The van der Waals surface area contributed by atoms with Crippen molar-refractivity contribution in [3.8, 4) is 5.75 Å². The monoisotopic (exact) mass is 278 g/mol. The highest BCUT2D eigenvalue weighted by molar-refractivity contribution is 5.36. The lowest BCUT2D eigenvalue weighted by Crippen LogP contribution is -2.41. The van der Waals surface area contributed by atoms with Crippen molar-refractivity contribution in [2.24, 2.45) is 0 Å². The van der Waals surface area contributed by atoms with Gasteiger partial charge in [-0.2, -0.15) is 0 Å².